The Labute approximate surface area is 146 Å². The van der Waals surface area contributed by atoms with Crippen molar-refractivity contribution in [3.63, 3.8) is 0 Å². The Kier molecular flexibility index (Phi) is 4.19. The highest BCUT2D eigenvalue weighted by Gasteiger charge is 2.20. The molecule has 0 saturated carbocycles. The normalized spacial score (nSPS) is 15.7. The first-order valence-corrected chi connectivity index (χ1v) is 8.42. The quantitative estimate of drug-likeness (QED) is 0.714. The number of hydrogen-bond acceptors (Lipinski definition) is 7. The maximum Gasteiger partial charge on any atom is 0.159 e. The molecule has 25 heavy (non-hydrogen) atoms. The van der Waals surface area contributed by atoms with Crippen molar-refractivity contribution in [3.05, 3.63) is 47.9 Å². The van der Waals surface area contributed by atoms with E-state index in [-0.39, 0.29) is 0 Å². The van der Waals surface area contributed by atoms with E-state index in [9.17, 15) is 0 Å². The SMILES string of the molecule is Cc1nc(N2CCN(Cc3cnoc3C)CC2)cc(-n2cccn2)n1. The van der Waals surface area contributed by atoms with Crippen molar-refractivity contribution < 1.29 is 4.52 Å². The van der Waals surface area contributed by atoms with E-state index in [0.717, 1.165) is 61.5 Å². The molecule has 3 aromatic rings. The molecular weight excluding hydrogens is 318 g/mol. The van der Waals surface area contributed by atoms with Crippen molar-refractivity contribution in [3.8, 4) is 5.82 Å². The van der Waals surface area contributed by atoms with E-state index in [2.05, 4.69) is 30.0 Å². The highest BCUT2D eigenvalue weighted by molar-refractivity contribution is 5.44. The summed E-state index contributed by atoms with van der Waals surface area (Å²) in [5.74, 6) is 3.41. The zero-order chi connectivity index (χ0) is 17.2. The van der Waals surface area contributed by atoms with Crippen LogP contribution in [0.15, 0.2) is 35.2 Å². The first-order valence-electron chi connectivity index (χ1n) is 8.42. The first-order chi connectivity index (χ1) is 12.2. The molecule has 0 aromatic carbocycles. The lowest BCUT2D eigenvalue weighted by molar-refractivity contribution is 0.247. The zero-order valence-corrected chi connectivity index (χ0v) is 14.5. The van der Waals surface area contributed by atoms with E-state index in [1.807, 2.05) is 38.4 Å². The summed E-state index contributed by atoms with van der Waals surface area (Å²) in [5.41, 5.74) is 1.16. The van der Waals surface area contributed by atoms with Gasteiger partial charge in [0.1, 0.15) is 17.4 Å². The second kappa shape index (κ2) is 6.64. The summed E-state index contributed by atoms with van der Waals surface area (Å²) in [6.07, 6.45) is 5.46. The molecule has 130 valence electrons. The Bertz CT molecular complexity index is 835. The lowest BCUT2D eigenvalue weighted by Crippen LogP contribution is -2.46. The van der Waals surface area contributed by atoms with Crippen molar-refractivity contribution in [1.82, 2.24) is 29.8 Å². The molecular formula is C17H21N7O. The van der Waals surface area contributed by atoms with E-state index in [0.29, 0.717) is 0 Å². The van der Waals surface area contributed by atoms with Gasteiger partial charge in [0, 0.05) is 56.7 Å². The van der Waals surface area contributed by atoms with Crippen LogP contribution in [0, 0.1) is 13.8 Å². The average molecular weight is 339 g/mol. The molecule has 0 radical (unpaired) electrons. The molecule has 1 saturated heterocycles. The Morgan fingerprint density at radius 2 is 1.88 bits per heavy atom. The van der Waals surface area contributed by atoms with E-state index < -0.39 is 0 Å². The monoisotopic (exact) mass is 339 g/mol. The number of aryl methyl sites for hydroxylation is 2. The number of aromatic nitrogens is 5. The molecule has 0 aliphatic carbocycles. The fourth-order valence-electron chi connectivity index (χ4n) is 3.07. The third-order valence-corrected chi connectivity index (χ3v) is 4.49. The molecule has 1 fully saturated rings. The third-order valence-electron chi connectivity index (χ3n) is 4.49. The number of hydrogen-bond donors (Lipinski definition) is 0. The molecule has 0 atom stereocenters. The Morgan fingerprint density at radius 3 is 2.56 bits per heavy atom. The highest BCUT2D eigenvalue weighted by Crippen LogP contribution is 2.18. The Hall–Kier alpha value is -2.74. The molecule has 0 N–H and O–H groups in total. The van der Waals surface area contributed by atoms with Gasteiger partial charge in [0.2, 0.25) is 0 Å². The maximum atomic E-state index is 5.15. The second-order valence-corrected chi connectivity index (χ2v) is 6.25. The fourth-order valence-corrected chi connectivity index (χ4v) is 3.07. The van der Waals surface area contributed by atoms with E-state index in [1.165, 1.54) is 0 Å². The van der Waals surface area contributed by atoms with Gasteiger partial charge in [-0.15, -0.1) is 0 Å². The molecule has 8 nitrogen and oxygen atoms in total. The molecule has 8 heteroatoms. The lowest BCUT2D eigenvalue weighted by atomic mass is 10.2. The fraction of sp³-hybridized carbons (Fsp3) is 0.412. The first kappa shape index (κ1) is 15.8. The second-order valence-electron chi connectivity index (χ2n) is 6.25. The van der Waals surface area contributed by atoms with E-state index >= 15 is 0 Å². The van der Waals surface area contributed by atoms with Crippen molar-refractivity contribution in [2.75, 3.05) is 31.1 Å². The standard InChI is InChI=1S/C17H21N7O/c1-13-15(11-19-25-13)12-22-6-8-23(9-7-22)16-10-17(21-14(2)20-16)24-5-3-4-18-24/h3-5,10-11H,6-9,12H2,1-2H3. The summed E-state index contributed by atoms with van der Waals surface area (Å²) < 4.78 is 6.91. The lowest BCUT2D eigenvalue weighted by Gasteiger charge is -2.35. The molecule has 3 aromatic heterocycles. The predicted octanol–water partition coefficient (Wildman–Crippen LogP) is 1.59. The van der Waals surface area contributed by atoms with Gasteiger partial charge in [-0.1, -0.05) is 5.16 Å². The van der Waals surface area contributed by atoms with Crippen LogP contribution in [-0.2, 0) is 6.54 Å². The van der Waals surface area contributed by atoms with Crippen LogP contribution in [-0.4, -0.2) is 56.0 Å². The van der Waals surface area contributed by atoms with Crippen LogP contribution < -0.4 is 4.90 Å². The number of anilines is 1. The molecule has 1 aliphatic rings. The van der Waals surface area contributed by atoms with Gasteiger partial charge in [-0.05, 0) is 19.9 Å². The molecule has 0 amide bonds. The van der Waals surface area contributed by atoms with Crippen LogP contribution in [0.2, 0.25) is 0 Å². The molecule has 0 spiro atoms. The predicted molar refractivity (Wildman–Crippen MR) is 92.6 cm³/mol. The topological polar surface area (TPSA) is 76.1 Å². The van der Waals surface area contributed by atoms with Crippen molar-refractivity contribution >= 4 is 5.82 Å². The van der Waals surface area contributed by atoms with Crippen LogP contribution in [0.5, 0.6) is 0 Å². The van der Waals surface area contributed by atoms with Gasteiger partial charge < -0.3 is 9.42 Å². The van der Waals surface area contributed by atoms with Crippen LogP contribution in [0.1, 0.15) is 17.1 Å². The Morgan fingerprint density at radius 1 is 1.08 bits per heavy atom. The van der Waals surface area contributed by atoms with Crippen LogP contribution >= 0.6 is 0 Å². The number of rotatable bonds is 4. The van der Waals surface area contributed by atoms with E-state index in [4.69, 9.17) is 4.52 Å². The Balaban J connectivity index is 1.45. The minimum atomic E-state index is 0.755. The van der Waals surface area contributed by atoms with Crippen molar-refractivity contribution in [2.24, 2.45) is 0 Å². The minimum absolute atomic E-state index is 0.755. The average Bonchev–Trinajstić information content (AvgIpc) is 3.28. The van der Waals surface area contributed by atoms with Gasteiger partial charge in [-0.3, -0.25) is 4.90 Å². The summed E-state index contributed by atoms with van der Waals surface area (Å²) in [6, 6.07) is 3.89. The van der Waals surface area contributed by atoms with E-state index in [1.54, 1.807) is 10.9 Å². The summed E-state index contributed by atoms with van der Waals surface area (Å²) >= 11 is 0. The smallest absolute Gasteiger partial charge is 0.159 e. The van der Waals surface area contributed by atoms with Gasteiger partial charge in [0.15, 0.2) is 5.82 Å². The maximum absolute atomic E-state index is 5.15. The third kappa shape index (κ3) is 3.39. The molecule has 4 rings (SSSR count). The highest BCUT2D eigenvalue weighted by atomic mass is 16.5. The summed E-state index contributed by atoms with van der Waals surface area (Å²) in [6.45, 7) is 8.57. The van der Waals surface area contributed by atoms with Crippen molar-refractivity contribution in [1.29, 1.82) is 0 Å². The summed E-state index contributed by atoms with van der Waals surface area (Å²) in [5, 5.41) is 8.12. The molecule has 1 aliphatic heterocycles. The van der Waals surface area contributed by atoms with Crippen LogP contribution in [0.25, 0.3) is 5.82 Å². The molecule has 0 unspecified atom stereocenters. The van der Waals surface area contributed by atoms with Gasteiger partial charge >= 0.3 is 0 Å². The number of nitrogens with zero attached hydrogens (tertiary/aromatic N) is 7. The van der Waals surface area contributed by atoms with Crippen molar-refractivity contribution in [2.45, 2.75) is 20.4 Å². The van der Waals surface area contributed by atoms with Gasteiger partial charge in [0.05, 0.1) is 6.20 Å². The molecule has 4 heterocycles. The summed E-state index contributed by atoms with van der Waals surface area (Å²) in [4.78, 5) is 13.8. The largest absolute Gasteiger partial charge is 0.361 e. The summed E-state index contributed by atoms with van der Waals surface area (Å²) in [7, 11) is 0. The molecule has 0 bridgehead atoms. The van der Waals surface area contributed by atoms with Crippen LogP contribution in [0.4, 0.5) is 5.82 Å². The minimum Gasteiger partial charge on any atom is -0.361 e. The van der Waals surface area contributed by atoms with Crippen LogP contribution in [0.3, 0.4) is 0 Å². The zero-order valence-electron chi connectivity index (χ0n) is 14.5. The number of piperazine rings is 1. The van der Waals surface area contributed by atoms with Gasteiger partial charge in [0.25, 0.3) is 0 Å². The van der Waals surface area contributed by atoms with Gasteiger partial charge in [-0.25, -0.2) is 14.6 Å². The van der Waals surface area contributed by atoms with Gasteiger partial charge in [-0.2, -0.15) is 5.10 Å².